The second-order valence-corrected chi connectivity index (χ2v) is 11.4. The van der Waals surface area contributed by atoms with Gasteiger partial charge in [0.15, 0.2) is 11.4 Å². The predicted molar refractivity (Wildman–Crippen MR) is 150 cm³/mol. The van der Waals surface area contributed by atoms with Crippen LogP contribution in [0.3, 0.4) is 0 Å². The summed E-state index contributed by atoms with van der Waals surface area (Å²) in [5.41, 5.74) is 4.54. The van der Waals surface area contributed by atoms with Crippen LogP contribution in [-0.2, 0) is 33.6 Å². The van der Waals surface area contributed by atoms with Crippen molar-refractivity contribution in [1.82, 2.24) is 9.88 Å². The van der Waals surface area contributed by atoms with E-state index in [0.29, 0.717) is 24.0 Å². The van der Waals surface area contributed by atoms with Gasteiger partial charge in [0.1, 0.15) is 22.8 Å². The van der Waals surface area contributed by atoms with Crippen molar-refractivity contribution in [3.05, 3.63) is 69.8 Å². The number of nitrogens with zero attached hydrogens (tertiary/aromatic N) is 3. The number of hydrogen-bond acceptors (Lipinski definition) is 10. The van der Waals surface area contributed by atoms with Crippen molar-refractivity contribution in [1.29, 1.82) is 0 Å². The highest BCUT2D eigenvalue weighted by Crippen LogP contribution is 2.54. The molecule has 5 rings (SSSR count). The number of anilines is 1. The van der Waals surface area contributed by atoms with Gasteiger partial charge in [-0.05, 0) is 75.0 Å². The maximum absolute atomic E-state index is 14.1. The Morgan fingerprint density at radius 2 is 1.83 bits per heavy atom. The Balaban J connectivity index is 1.68. The van der Waals surface area contributed by atoms with E-state index in [0.717, 1.165) is 11.4 Å². The number of phenols is 1. The number of fused-ring (bicyclic) bond motifs is 3. The number of rotatable bonds is 6. The second kappa shape index (κ2) is 10.0. The van der Waals surface area contributed by atoms with Gasteiger partial charge in [-0.1, -0.05) is 6.07 Å². The van der Waals surface area contributed by atoms with E-state index in [1.54, 1.807) is 20.3 Å². The number of aryl methyl sites for hydroxylation is 2. The van der Waals surface area contributed by atoms with E-state index in [4.69, 9.17) is 5.73 Å². The number of aromatic nitrogens is 1. The first-order valence-corrected chi connectivity index (χ1v) is 13.4. The fraction of sp³-hybridized carbons (Fsp3) is 0.400. The average molecular weight is 563 g/mol. The fourth-order valence-corrected chi connectivity index (χ4v) is 6.74. The summed E-state index contributed by atoms with van der Waals surface area (Å²) in [6, 6.07) is 6.30. The highest BCUT2D eigenvalue weighted by Gasteiger charge is 2.64. The largest absolute Gasteiger partial charge is 0.508 e. The molecule has 0 spiro atoms. The van der Waals surface area contributed by atoms with Crippen LogP contribution in [0.5, 0.6) is 5.75 Å². The number of likely N-dealkylation sites (N-methyl/N-ethyl adjacent to an activating group) is 1. The molecule has 6 N–H and O–H groups in total. The minimum Gasteiger partial charge on any atom is -0.508 e. The van der Waals surface area contributed by atoms with E-state index in [9.17, 15) is 34.8 Å². The summed E-state index contributed by atoms with van der Waals surface area (Å²) in [6.45, 7) is 0. The zero-order valence-corrected chi connectivity index (χ0v) is 23.4. The van der Waals surface area contributed by atoms with Crippen molar-refractivity contribution in [3.8, 4) is 5.75 Å². The van der Waals surface area contributed by atoms with E-state index in [1.165, 1.54) is 4.90 Å². The Morgan fingerprint density at radius 1 is 1.12 bits per heavy atom. The highest BCUT2D eigenvalue weighted by molar-refractivity contribution is 6.24. The van der Waals surface area contributed by atoms with Gasteiger partial charge in [0.05, 0.1) is 11.6 Å². The Bertz CT molecular complexity index is 1530. The zero-order valence-electron chi connectivity index (χ0n) is 23.4. The minimum atomic E-state index is -2.67. The predicted octanol–water partition coefficient (Wildman–Crippen LogP) is 1.21. The molecule has 216 valence electrons. The van der Waals surface area contributed by atoms with Crippen LogP contribution in [0.2, 0.25) is 0 Å². The normalized spacial score (nSPS) is 25.7. The number of nitrogens with two attached hydrogens (primary N) is 1. The van der Waals surface area contributed by atoms with Crippen LogP contribution in [0.1, 0.15) is 28.8 Å². The number of pyridine rings is 1. The molecule has 1 heterocycles. The van der Waals surface area contributed by atoms with E-state index in [2.05, 4.69) is 4.98 Å². The lowest BCUT2D eigenvalue weighted by Gasteiger charge is -2.50. The Morgan fingerprint density at radius 3 is 2.41 bits per heavy atom. The molecule has 4 atom stereocenters. The maximum atomic E-state index is 14.1. The molecule has 1 saturated carbocycles. The molecule has 0 radical (unpaired) electrons. The molecule has 0 saturated heterocycles. The van der Waals surface area contributed by atoms with Gasteiger partial charge in [0.25, 0.3) is 5.91 Å². The number of ketones is 2. The third-order valence-electron chi connectivity index (χ3n) is 8.63. The number of primary amides is 1. The third kappa shape index (κ3) is 4.18. The quantitative estimate of drug-likeness (QED) is 0.322. The minimum absolute atomic E-state index is 0.0425. The molecular formula is C30H34N4O7. The summed E-state index contributed by atoms with van der Waals surface area (Å²) in [5.74, 6) is -6.60. The second-order valence-electron chi connectivity index (χ2n) is 11.4. The smallest absolute Gasteiger partial charge is 0.255 e. The molecule has 1 aromatic heterocycles. The van der Waals surface area contributed by atoms with E-state index in [1.807, 2.05) is 43.3 Å². The van der Waals surface area contributed by atoms with Crippen LogP contribution in [0.25, 0.3) is 5.76 Å². The first-order valence-electron chi connectivity index (χ1n) is 13.4. The van der Waals surface area contributed by atoms with Gasteiger partial charge in [-0.15, -0.1) is 0 Å². The number of benzene rings is 1. The lowest BCUT2D eigenvalue weighted by Crippen LogP contribution is -2.65. The van der Waals surface area contributed by atoms with Gasteiger partial charge in [0.2, 0.25) is 5.78 Å². The van der Waals surface area contributed by atoms with Crippen molar-refractivity contribution < 1.29 is 34.8 Å². The molecule has 1 fully saturated rings. The Hall–Kier alpha value is -4.22. The molecular weight excluding hydrogens is 528 g/mol. The number of aromatic hydroxyl groups is 1. The fourth-order valence-electron chi connectivity index (χ4n) is 6.74. The molecule has 0 unspecified atom stereocenters. The number of aliphatic hydroxyl groups excluding tert-OH is 2. The molecule has 1 amide bonds. The van der Waals surface area contributed by atoms with Crippen LogP contribution in [0.4, 0.5) is 5.69 Å². The summed E-state index contributed by atoms with van der Waals surface area (Å²) in [4.78, 5) is 47.2. The standard InChI is InChI=1S/C30H34N4O7/c1-33(2)19-13-14(8-9-16-7-5-6-10-32-16)24(35)21-17(19)11-15-12-18-23(34(3)4)26(37)22(29(31)40)28(39)30(18,41)27(38)20(15)25(21)36/h5-7,10,13,15,18,23,35-36,39,41H,8-9,11-12H2,1-4H3,(H2,31,40)/t15-,18-,23-,30-/m1/s1. The molecule has 3 aliphatic carbocycles. The van der Waals surface area contributed by atoms with E-state index < -0.39 is 58.0 Å². The Kier molecular flexibility index (Phi) is 6.91. The average Bonchev–Trinajstić information content (AvgIpc) is 2.90. The molecule has 1 aromatic carbocycles. The number of Topliss-reactive ketones (excluding diaryl/α,β-unsaturated/α-hetero) is 2. The van der Waals surface area contributed by atoms with Gasteiger partial charge in [-0.3, -0.25) is 24.3 Å². The van der Waals surface area contributed by atoms with E-state index in [-0.39, 0.29) is 29.7 Å². The van der Waals surface area contributed by atoms with Crippen LogP contribution in [0, 0.1) is 11.8 Å². The van der Waals surface area contributed by atoms with Crippen LogP contribution >= 0.6 is 0 Å². The van der Waals surface area contributed by atoms with Gasteiger partial charge in [-0.25, -0.2) is 0 Å². The molecule has 41 heavy (non-hydrogen) atoms. The first-order chi connectivity index (χ1) is 19.3. The van der Waals surface area contributed by atoms with Gasteiger partial charge < -0.3 is 31.1 Å². The van der Waals surface area contributed by atoms with Crippen molar-refractivity contribution in [3.63, 3.8) is 0 Å². The number of carbonyl (C=O) groups is 3. The monoisotopic (exact) mass is 562 g/mol. The van der Waals surface area contributed by atoms with Crippen molar-refractivity contribution >= 4 is 28.9 Å². The van der Waals surface area contributed by atoms with Crippen molar-refractivity contribution in [2.75, 3.05) is 33.1 Å². The van der Waals surface area contributed by atoms with Crippen LogP contribution in [0.15, 0.2) is 47.4 Å². The first kappa shape index (κ1) is 28.3. The molecule has 2 aromatic rings. The number of aliphatic hydroxyl groups is 3. The van der Waals surface area contributed by atoms with Gasteiger partial charge in [-0.2, -0.15) is 0 Å². The topological polar surface area (TPSA) is 178 Å². The lowest BCUT2D eigenvalue weighted by molar-refractivity contribution is -0.153. The van der Waals surface area contributed by atoms with Crippen molar-refractivity contribution in [2.45, 2.75) is 37.3 Å². The van der Waals surface area contributed by atoms with Crippen LogP contribution < -0.4 is 10.6 Å². The third-order valence-corrected chi connectivity index (χ3v) is 8.63. The van der Waals surface area contributed by atoms with Crippen molar-refractivity contribution in [2.24, 2.45) is 17.6 Å². The Labute approximate surface area is 237 Å². The molecule has 3 aliphatic rings. The number of hydrogen-bond donors (Lipinski definition) is 5. The SMILES string of the molecule is CN(C)c1cc(CCc2ccccn2)c(O)c2c1C[C@@H]1C[C@@H]3[C@@H](N(C)C)C(=O)C(C(N)=O)=C(O)[C@]3(O)C(=O)C1=C2O. The summed E-state index contributed by atoms with van der Waals surface area (Å²) < 4.78 is 0. The summed E-state index contributed by atoms with van der Waals surface area (Å²) in [7, 11) is 6.82. The number of carbonyl (C=O) groups excluding carboxylic acids is 3. The lowest BCUT2D eigenvalue weighted by atomic mass is 9.57. The summed E-state index contributed by atoms with van der Waals surface area (Å²) in [6.07, 6.45) is 2.89. The van der Waals surface area contributed by atoms with Gasteiger partial charge >= 0.3 is 0 Å². The summed E-state index contributed by atoms with van der Waals surface area (Å²) >= 11 is 0. The van der Waals surface area contributed by atoms with Crippen LogP contribution in [-0.4, -0.2) is 87.6 Å². The number of phenolic OH excluding ortho intramolecular Hbond substituents is 1. The van der Waals surface area contributed by atoms with E-state index >= 15 is 0 Å². The zero-order chi connectivity index (χ0) is 30.0. The maximum Gasteiger partial charge on any atom is 0.255 e. The molecule has 11 heteroatoms. The van der Waals surface area contributed by atoms with Gasteiger partial charge in [0, 0.05) is 43.2 Å². The number of amides is 1. The molecule has 0 aliphatic heterocycles. The molecule has 11 nitrogen and oxygen atoms in total. The highest BCUT2D eigenvalue weighted by atomic mass is 16.3. The summed E-state index contributed by atoms with van der Waals surface area (Å²) in [5, 5.41) is 45.8. The molecule has 0 bridgehead atoms.